The quantitative estimate of drug-likeness (QED) is 0.909. The molecule has 2 saturated heterocycles. The molecule has 4 aliphatic rings. The summed E-state index contributed by atoms with van der Waals surface area (Å²) in [4.78, 5) is 26.3. The van der Waals surface area contributed by atoms with Crippen LogP contribution >= 0.6 is 0 Å². The third-order valence-corrected chi connectivity index (χ3v) is 7.35. The van der Waals surface area contributed by atoms with Crippen molar-refractivity contribution in [1.82, 2.24) is 10.2 Å². The first-order chi connectivity index (χ1) is 12.5. The van der Waals surface area contributed by atoms with E-state index in [1.54, 1.807) is 0 Å². The number of nitrogens with one attached hydrogen (secondary N) is 1. The molecule has 1 spiro atoms. The van der Waals surface area contributed by atoms with Crippen LogP contribution in [0.1, 0.15) is 62.5 Å². The van der Waals surface area contributed by atoms with Crippen molar-refractivity contribution in [3.05, 3.63) is 35.4 Å². The molecule has 2 saturated carbocycles. The lowest BCUT2D eigenvalue weighted by atomic mass is 9.67. The second-order valence-corrected chi connectivity index (χ2v) is 9.35. The summed E-state index contributed by atoms with van der Waals surface area (Å²) in [6.07, 6.45) is 3.24. The van der Waals surface area contributed by atoms with E-state index in [0.29, 0.717) is 36.0 Å². The number of fused-ring (bicyclic) bond motifs is 1. The second-order valence-electron chi connectivity index (χ2n) is 9.35. The van der Waals surface area contributed by atoms with Gasteiger partial charge in [0, 0.05) is 31.0 Å². The number of hydrogen-bond donors (Lipinski definition) is 1. The van der Waals surface area contributed by atoms with Crippen molar-refractivity contribution in [2.75, 3.05) is 13.1 Å². The van der Waals surface area contributed by atoms with Crippen LogP contribution in [0.5, 0.6) is 0 Å². The van der Waals surface area contributed by atoms with Gasteiger partial charge in [-0.15, -0.1) is 0 Å². The zero-order chi connectivity index (χ0) is 18.1. The molecule has 4 heteroatoms. The van der Waals surface area contributed by atoms with Crippen LogP contribution in [-0.2, 0) is 9.59 Å². The Morgan fingerprint density at radius 1 is 1.15 bits per heavy atom. The van der Waals surface area contributed by atoms with Crippen LogP contribution in [0.25, 0.3) is 0 Å². The van der Waals surface area contributed by atoms with E-state index in [1.165, 1.54) is 11.1 Å². The lowest BCUT2D eigenvalue weighted by Gasteiger charge is -2.45. The minimum absolute atomic E-state index is 0.0409. The molecule has 4 nitrogen and oxygen atoms in total. The van der Waals surface area contributed by atoms with Crippen molar-refractivity contribution in [3.63, 3.8) is 0 Å². The zero-order valence-corrected chi connectivity index (χ0v) is 15.7. The van der Waals surface area contributed by atoms with Crippen molar-refractivity contribution < 1.29 is 9.59 Å². The van der Waals surface area contributed by atoms with E-state index in [1.807, 2.05) is 0 Å². The normalized spacial score (nSPS) is 37.7. The topological polar surface area (TPSA) is 49.4 Å². The van der Waals surface area contributed by atoms with Gasteiger partial charge in [0.05, 0.1) is 0 Å². The summed E-state index contributed by atoms with van der Waals surface area (Å²) in [6, 6.07) is 9.12. The first-order valence-corrected chi connectivity index (χ1v) is 10.2. The van der Waals surface area contributed by atoms with E-state index in [2.05, 4.69) is 48.3 Å². The Labute approximate surface area is 155 Å². The third kappa shape index (κ3) is 2.49. The predicted molar refractivity (Wildman–Crippen MR) is 99.7 cm³/mol. The van der Waals surface area contributed by atoms with Crippen molar-refractivity contribution in [1.29, 1.82) is 0 Å². The highest BCUT2D eigenvalue weighted by molar-refractivity contribution is 5.84. The maximum absolute atomic E-state index is 12.8. The molecule has 138 valence electrons. The molecule has 5 rings (SSSR count). The minimum Gasteiger partial charge on any atom is -0.351 e. The van der Waals surface area contributed by atoms with Gasteiger partial charge in [-0.05, 0) is 54.1 Å². The van der Waals surface area contributed by atoms with Gasteiger partial charge in [-0.1, -0.05) is 38.1 Å². The summed E-state index contributed by atoms with van der Waals surface area (Å²) in [5, 5.41) is 3.09. The molecule has 4 fully saturated rings. The summed E-state index contributed by atoms with van der Waals surface area (Å²) in [7, 11) is 0. The number of rotatable bonds is 3. The Morgan fingerprint density at radius 3 is 2.35 bits per heavy atom. The highest BCUT2D eigenvalue weighted by Crippen LogP contribution is 2.59. The number of benzene rings is 1. The van der Waals surface area contributed by atoms with E-state index in [-0.39, 0.29) is 17.4 Å². The average molecular weight is 352 g/mol. The maximum atomic E-state index is 12.8. The lowest BCUT2D eigenvalue weighted by Crippen LogP contribution is -2.56. The molecule has 2 amide bonds. The molecule has 1 aromatic carbocycles. The molecule has 3 atom stereocenters. The third-order valence-electron chi connectivity index (χ3n) is 7.35. The molecular weight excluding hydrogens is 324 g/mol. The first-order valence-electron chi connectivity index (χ1n) is 10.2. The Kier molecular flexibility index (Phi) is 3.51. The summed E-state index contributed by atoms with van der Waals surface area (Å²) in [6.45, 7) is 6.31. The molecular formula is C22H28N2O2. The molecule has 1 aromatic rings. The van der Waals surface area contributed by atoms with E-state index < -0.39 is 0 Å². The number of carbonyl (C=O) groups is 2. The standard InChI is InChI=1S/C22H28N2O2/c1-13(2)14-3-5-15(6-4-14)20-17-11-24(12-18(17)20)21(26)16-9-22(10-16)8-7-19(25)23-22/h3-6,13,16-18,20H,7-12H2,1-2H3,(H,23,25)/t16?,17-,18+,20+,22?. The van der Waals surface area contributed by atoms with Gasteiger partial charge in [0.15, 0.2) is 0 Å². The Hall–Kier alpha value is -1.84. The van der Waals surface area contributed by atoms with Gasteiger partial charge in [-0.25, -0.2) is 0 Å². The SMILES string of the molecule is CC(C)c1ccc([C@H]2[C@@H]3CN(C(=O)C4CC5(CCC(=O)N5)C4)C[C@@H]32)cc1. The van der Waals surface area contributed by atoms with Crippen LogP contribution in [0.4, 0.5) is 0 Å². The Morgan fingerprint density at radius 2 is 1.81 bits per heavy atom. The number of nitrogens with zero attached hydrogens (tertiary/aromatic N) is 1. The van der Waals surface area contributed by atoms with Crippen molar-refractivity contribution in [3.8, 4) is 0 Å². The van der Waals surface area contributed by atoms with Crippen molar-refractivity contribution in [2.45, 2.75) is 56.9 Å². The molecule has 2 aliphatic carbocycles. The molecule has 1 N–H and O–H groups in total. The van der Waals surface area contributed by atoms with Crippen LogP contribution in [0.15, 0.2) is 24.3 Å². The van der Waals surface area contributed by atoms with Crippen LogP contribution in [0, 0.1) is 17.8 Å². The lowest BCUT2D eigenvalue weighted by molar-refractivity contribution is -0.141. The molecule has 26 heavy (non-hydrogen) atoms. The number of likely N-dealkylation sites (tertiary alicyclic amines) is 1. The van der Waals surface area contributed by atoms with Crippen molar-refractivity contribution >= 4 is 11.8 Å². The number of amides is 2. The van der Waals surface area contributed by atoms with Crippen LogP contribution in [-0.4, -0.2) is 35.3 Å². The van der Waals surface area contributed by atoms with Gasteiger partial charge in [0.25, 0.3) is 0 Å². The molecule has 0 radical (unpaired) electrons. The van der Waals surface area contributed by atoms with Crippen LogP contribution in [0.2, 0.25) is 0 Å². The van der Waals surface area contributed by atoms with Gasteiger partial charge in [0.1, 0.15) is 0 Å². The highest BCUT2D eigenvalue weighted by Gasteiger charge is 2.59. The summed E-state index contributed by atoms with van der Waals surface area (Å²) < 4.78 is 0. The molecule has 0 unspecified atom stereocenters. The van der Waals surface area contributed by atoms with Crippen molar-refractivity contribution in [2.24, 2.45) is 17.8 Å². The van der Waals surface area contributed by atoms with Gasteiger partial charge >= 0.3 is 0 Å². The largest absolute Gasteiger partial charge is 0.351 e. The number of hydrogen-bond acceptors (Lipinski definition) is 2. The van der Waals surface area contributed by atoms with Crippen LogP contribution < -0.4 is 5.32 Å². The molecule has 2 aliphatic heterocycles. The maximum Gasteiger partial charge on any atom is 0.225 e. The highest BCUT2D eigenvalue weighted by atomic mass is 16.2. The Bertz CT molecular complexity index is 736. The van der Waals surface area contributed by atoms with E-state index in [4.69, 9.17) is 0 Å². The van der Waals surface area contributed by atoms with Gasteiger partial charge < -0.3 is 10.2 Å². The number of piperidine rings is 1. The first kappa shape index (κ1) is 16.3. The summed E-state index contributed by atoms with van der Waals surface area (Å²) in [5.41, 5.74) is 2.81. The zero-order valence-electron chi connectivity index (χ0n) is 15.7. The second kappa shape index (κ2) is 5.58. The fourth-order valence-electron chi connectivity index (χ4n) is 5.70. The summed E-state index contributed by atoms with van der Waals surface area (Å²) in [5.74, 6) is 3.17. The van der Waals surface area contributed by atoms with Gasteiger partial charge in [0.2, 0.25) is 11.8 Å². The molecule has 0 bridgehead atoms. The van der Waals surface area contributed by atoms with E-state index in [9.17, 15) is 9.59 Å². The van der Waals surface area contributed by atoms with Gasteiger partial charge in [-0.2, -0.15) is 0 Å². The summed E-state index contributed by atoms with van der Waals surface area (Å²) >= 11 is 0. The molecule has 0 aromatic heterocycles. The van der Waals surface area contributed by atoms with Gasteiger partial charge in [-0.3, -0.25) is 9.59 Å². The van der Waals surface area contributed by atoms with E-state index >= 15 is 0 Å². The Balaban J connectivity index is 1.16. The van der Waals surface area contributed by atoms with Crippen LogP contribution in [0.3, 0.4) is 0 Å². The fourth-order valence-corrected chi connectivity index (χ4v) is 5.70. The smallest absolute Gasteiger partial charge is 0.225 e. The minimum atomic E-state index is -0.0409. The average Bonchev–Trinajstić information content (AvgIpc) is 2.94. The number of carbonyl (C=O) groups excluding carboxylic acids is 2. The fraction of sp³-hybridized carbons (Fsp3) is 0.636. The molecule has 2 heterocycles. The monoisotopic (exact) mass is 352 g/mol. The van der Waals surface area contributed by atoms with E-state index in [0.717, 1.165) is 32.4 Å². The predicted octanol–water partition coefficient (Wildman–Crippen LogP) is 3.04.